The lowest BCUT2D eigenvalue weighted by Gasteiger charge is -2.24. The summed E-state index contributed by atoms with van der Waals surface area (Å²) in [5, 5.41) is 3.38. The van der Waals surface area contributed by atoms with Crippen LogP contribution in [0.5, 0.6) is 0 Å². The van der Waals surface area contributed by atoms with E-state index in [0.717, 1.165) is 18.4 Å². The SMILES string of the molecule is Cc1ccc(NCC(C)N(C)C2CC2)nc1. The molecule has 1 aromatic rings. The van der Waals surface area contributed by atoms with Crippen LogP contribution in [0.4, 0.5) is 5.82 Å². The van der Waals surface area contributed by atoms with Crippen molar-refractivity contribution in [3.63, 3.8) is 0 Å². The number of pyridine rings is 1. The molecule has 1 fully saturated rings. The van der Waals surface area contributed by atoms with Crippen LogP contribution < -0.4 is 5.32 Å². The monoisotopic (exact) mass is 219 g/mol. The van der Waals surface area contributed by atoms with Crippen molar-refractivity contribution in [2.75, 3.05) is 18.9 Å². The Morgan fingerprint density at radius 2 is 2.25 bits per heavy atom. The molecule has 88 valence electrons. The minimum atomic E-state index is 0.565. The first-order valence-corrected chi connectivity index (χ1v) is 6.05. The van der Waals surface area contributed by atoms with Crippen LogP contribution in [0.2, 0.25) is 0 Å². The molecule has 3 nitrogen and oxygen atoms in total. The van der Waals surface area contributed by atoms with Crippen molar-refractivity contribution in [1.82, 2.24) is 9.88 Å². The minimum absolute atomic E-state index is 0.565. The zero-order valence-corrected chi connectivity index (χ0v) is 10.4. The molecule has 1 atom stereocenters. The van der Waals surface area contributed by atoms with Gasteiger partial charge in [0.1, 0.15) is 5.82 Å². The van der Waals surface area contributed by atoms with E-state index in [9.17, 15) is 0 Å². The van der Waals surface area contributed by atoms with Gasteiger partial charge in [-0.3, -0.25) is 4.90 Å². The van der Waals surface area contributed by atoms with Gasteiger partial charge in [0.2, 0.25) is 0 Å². The zero-order chi connectivity index (χ0) is 11.5. The summed E-state index contributed by atoms with van der Waals surface area (Å²) in [5.74, 6) is 0.974. The van der Waals surface area contributed by atoms with Gasteiger partial charge in [-0.2, -0.15) is 0 Å². The van der Waals surface area contributed by atoms with E-state index in [1.54, 1.807) is 0 Å². The summed E-state index contributed by atoms with van der Waals surface area (Å²) in [4.78, 5) is 6.80. The summed E-state index contributed by atoms with van der Waals surface area (Å²) < 4.78 is 0. The average Bonchev–Trinajstić information content (AvgIpc) is 3.11. The van der Waals surface area contributed by atoms with Crippen LogP contribution in [-0.2, 0) is 0 Å². The van der Waals surface area contributed by atoms with Crippen molar-refractivity contribution in [1.29, 1.82) is 0 Å². The maximum atomic E-state index is 4.34. The number of likely N-dealkylation sites (N-methyl/N-ethyl adjacent to an activating group) is 1. The van der Waals surface area contributed by atoms with Gasteiger partial charge in [0.25, 0.3) is 0 Å². The summed E-state index contributed by atoms with van der Waals surface area (Å²) in [6, 6.07) is 5.52. The summed E-state index contributed by atoms with van der Waals surface area (Å²) in [6.45, 7) is 5.28. The first-order valence-electron chi connectivity index (χ1n) is 6.05. The Kier molecular flexibility index (Phi) is 3.44. The number of anilines is 1. The third-order valence-electron chi connectivity index (χ3n) is 3.31. The summed E-state index contributed by atoms with van der Waals surface area (Å²) in [7, 11) is 2.21. The van der Waals surface area contributed by atoms with Crippen molar-refractivity contribution in [3.8, 4) is 0 Å². The molecular formula is C13H21N3. The summed E-state index contributed by atoms with van der Waals surface area (Å²) in [6.07, 6.45) is 4.63. The Morgan fingerprint density at radius 3 is 2.81 bits per heavy atom. The van der Waals surface area contributed by atoms with Crippen molar-refractivity contribution >= 4 is 5.82 Å². The van der Waals surface area contributed by atoms with Gasteiger partial charge in [-0.05, 0) is 45.4 Å². The Bertz CT molecular complexity index is 330. The van der Waals surface area contributed by atoms with Crippen LogP contribution in [0.15, 0.2) is 18.3 Å². The van der Waals surface area contributed by atoms with Gasteiger partial charge in [-0.1, -0.05) is 6.07 Å². The maximum Gasteiger partial charge on any atom is 0.125 e. The van der Waals surface area contributed by atoms with Gasteiger partial charge in [0.05, 0.1) is 0 Å². The second kappa shape index (κ2) is 4.83. The van der Waals surface area contributed by atoms with E-state index in [0.29, 0.717) is 6.04 Å². The number of hydrogen-bond donors (Lipinski definition) is 1. The van der Waals surface area contributed by atoms with Gasteiger partial charge in [-0.25, -0.2) is 4.98 Å². The lowest BCUT2D eigenvalue weighted by atomic mass is 10.3. The topological polar surface area (TPSA) is 28.2 Å². The summed E-state index contributed by atoms with van der Waals surface area (Å²) >= 11 is 0. The Labute approximate surface area is 97.9 Å². The molecule has 0 aliphatic heterocycles. The van der Waals surface area contributed by atoms with Gasteiger partial charge >= 0.3 is 0 Å². The summed E-state index contributed by atoms with van der Waals surface area (Å²) in [5.41, 5.74) is 1.20. The number of aromatic nitrogens is 1. The molecule has 1 heterocycles. The Balaban J connectivity index is 1.79. The van der Waals surface area contributed by atoms with E-state index in [2.05, 4.69) is 42.2 Å². The van der Waals surface area contributed by atoms with Crippen LogP contribution in [0, 0.1) is 6.92 Å². The zero-order valence-electron chi connectivity index (χ0n) is 10.4. The fraction of sp³-hybridized carbons (Fsp3) is 0.615. The van der Waals surface area contributed by atoms with Crippen LogP contribution in [0.3, 0.4) is 0 Å². The van der Waals surface area contributed by atoms with E-state index < -0.39 is 0 Å². The van der Waals surface area contributed by atoms with Crippen LogP contribution in [-0.4, -0.2) is 35.6 Å². The van der Waals surface area contributed by atoms with Crippen LogP contribution in [0.25, 0.3) is 0 Å². The second-order valence-electron chi connectivity index (χ2n) is 4.85. The van der Waals surface area contributed by atoms with Gasteiger partial charge in [0.15, 0.2) is 0 Å². The van der Waals surface area contributed by atoms with Gasteiger partial charge < -0.3 is 5.32 Å². The molecule has 0 bridgehead atoms. The highest BCUT2D eigenvalue weighted by atomic mass is 15.2. The average molecular weight is 219 g/mol. The Hall–Kier alpha value is -1.09. The molecular weight excluding hydrogens is 198 g/mol. The standard InChI is InChI=1S/C13H21N3/c1-10-4-7-13(14-8-10)15-9-11(2)16(3)12-5-6-12/h4,7-8,11-12H,5-6,9H2,1-3H3,(H,14,15). The van der Waals surface area contributed by atoms with Gasteiger partial charge in [0, 0.05) is 24.8 Å². The second-order valence-corrected chi connectivity index (χ2v) is 4.85. The lowest BCUT2D eigenvalue weighted by molar-refractivity contribution is 0.257. The van der Waals surface area contributed by atoms with Crippen LogP contribution in [0.1, 0.15) is 25.3 Å². The normalized spacial score (nSPS) is 17.5. The molecule has 1 unspecified atom stereocenters. The third kappa shape index (κ3) is 2.95. The smallest absolute Gasteiger partial charge is 0.125 e. The molecule has 0 aromatic carbocycles. The first kappa shape index (κ1) is 11.4. The van der Waals surface area contributed by atoms with E-state index in [1.807, 2.05) is 12.3 Å². The van der Waals surface area contributed by atoms with Crippen molar-refractivity contribution in [2.24, 2.45) is 0 Å². The van der Waals surface area contributed by atoms with E-state index in [-0.39, 0.29) is 0 Å². The molecule has 3 heteroatoms. The number of hydrogen-bond acceptors (Lipinski definition) is 3. The van der Waals surface area contributed by atoms with Crippen molar-refractivity contribution in [3.05, 3.63) is 23.9 Å². The molecule has 0 amide bonds. The Morgan fingerprint density at radius 1 is 1.50 bits per heavy atom. The predicted octanol–water partition coefficient (Wildman–Crippen LogP) is 2.28. The quantitative estimate of drug-likeness (QED) is 0.823. The molecule has 0 saturated heterocycles. The van der Waals surface area contributed by atoms with Crippen molar-refractivity contribution < 1.29 is 0 Å². The van der Waals surface area contributed by atoms with Crippen LogP contribution >= 0.6 is 0 Å². The predicted molar refractivity (Wildman–Crippen MR) is 67.7 cm³/mol. The van der Waals surface area contributed by atoms with E-state index >= 15 is 0 Å². The molecule has 2 rings (SSSR count). The highest BCUT2D eigenvalue weighted by molar-refractivity contribution is 5.35. The minimum Gasteiger partial charge on any atom is -0.369 e. The molecule has 1 aliphatic carbocycles. The van der Waals surface area contributed by atoms with Crippen molar-refractivity contribution in [2.45, 2.75) is 38.8 Å². The fourth-order valence-electron chi connectivity index (χ4n) is 1.81. The lowest BCUT2D eigenvalue weighted by Crippen LogP contribution is -2.36. The third-order valence-corrected chi connectivity index (χ3v) is 3.31. The number of nitrogens with one attached hydrogen (secondary N) is 1. The molecule has 1 aliphatic rings. The molecule has 1 N–H and O–H groups in total. The fourth-order valence-corrected chi connectivity index (χ4v) is 1.81. The van der Waals surface area contributed by atoms with E-state index in [4.69, 9.17) is 0 Å². The molecule has 0 spiro atoms. The van der Waals surface area contributed by atoms with Gasteiger partial charge in [-0.15, -0.1) is 0 Å². The largest absolute Gasteiger partial charge is 0.369 e. The maximum absolute atomic E-state index is 4.34. The molecule has 16 heavy (non-hydrogen) atoms. The number of aryl methyl sites for hydroxylation is 1. The number of nitrogens with zero attached hydrogens (tertiary/aromatic N) is 2. The molecule has 0 radical (unpaired) electrons. The first-order chi connectivity index (χ1) is 7.66. The van der Waals surface area contributed by atoms with E-state index in [1.165, 1.54) is 18.4 Å². The molecule has 1 saturated carbocycles. The molecule has 1 aromatic heterocycles. The highest BCUT2D eigenvalue weighted by Crippen LogP contribution is 2.26. The number of rotatable bonds is 5. The highest BCUT2D eigenvalue weighted by Gasteiger charge is 2.28.